The van der Waals surface area contributed by atoms with Crippen LogP contribution in [-0.4, -0.2) is 27.3 Å². The van der Waals surface area contributed by atoms with Gasteiger partial charge >= 0.3 is 5.97 Å². The summed E-state index contributed by atoms with van der Waals surface area (Å²) in [5.41, 5.74) is 2.82. The summed E-state index contributed by atoms with van der Waals surface area (Å²) in [6.07, 6.45) is 3.39. The van der Waals surface area contributed by atoms with Crippen molar-refractivity contribution in [1.29, 1.82) is 0 Å². The Morgan fingerprint density at radius 3 is 2.55 bits per heavy atom. The van der Waals surface area contributed by atoms with Crippen molar-refractivity contribution < 1.29 is 9.53 Å². The fourth-order valence-electron chi connectivity index (χ4n) is 2.16. The van der Waals surface area contributed by atoms with E-state index in [4.69, 9.17) is 4.74 Å². The van der Waals surface area contributed by atoms with Gasteiger partial charge in [-0.3, -0.25) is 4.98 Å². The molecule has 0 spiro atoms. The molecule has 0 radical (unpaired) electrons. The highest BCUT2D eigenvalue weighted by molar-refractivity contribution is 5.89. The minimum atomic E-state index is -0.390. The van der Waals surface area contributed by atoms with E-state index in [1.165, 1.54) is 0 Å². The van der Waals surface area contributed by atoms with E-state index >= 15 is 0 Å². The van der Waals surface area contributed by atoms with Crippen molar-refractivity contribution in [3.05, 3.63) is 66.6 Å². The molecular formula is C17H15N3O2. The standard InChI is InChI=1S/C17H15N3O2/c1-2-22-17(21)16-12-15(13-8-10-18-11-9-13)19-20(16)14-6-4-3-5-7-14/h3-12H,2H2,1H3. The number of nitrogens with zero attached hydrogens (tertiary/aromatic N) is 3. The summed E-state index contributed by atoms with van der Waals surface area (Å²) in [6, 6.07) is 15.0. The third-order valence-corrected chi connectivity index (χ3v) is 3.17. The number of carbonyl (C=O) groups excluding carboxylic acids is 1. The van der Waals surface area contributed by atoms with Gasteiger partial charge in [-0.15, -0.1) is 0 Å². The largest absolute Gasteiger partial charge is 0.461 e. The number of pyridine rings is 1. The summed E-state index contributed by atoms with van der Waals surface area (Å²) in [4.78, 5) is 16.2. The number of aromatic nitrogens is 3. The zero-order valence-corrected chi connectivity index (χ0v) is 12.1. The topological polar surface area (TPSA) is 57.0 Å². The van der Waals surface area contributed by atoms with E-state index in [1.54, 1.807) is 30.1 Å². The first-order chi connectivity index (χ1) is 10.8. The van der Waals surface area contributed by atoms with Crippen molar-refractivity contribution in [2.75, 3.05) is 6.61 Å². The van der Waals surface area contributed by atoms with Crippen LogP contribution in [0.1, 0.15) is 17.4 Å². The SMILES string of the molecule is CCOC(=O)c1cc(-c2ccncc2)nn1-c1ccccc1. The second kappa shape index (κ2) is 6.22. The van der Waals surface area contributed by atoms with Crippen LogP contribution in [0.4, 0.5) is 0 Å². The molecule has 0 saturated heterocycles. The molecule has 0 aliphatic rings. The molecule has 5 heteroatoms. The van der Waals surface area contributed by atoms with E-state index in [1.807, 2.05) is 42.5 Å². The molecule has 2 aromatic heterocycles. The Morgan fingerprint density at radius 2 is 1.86 bits per heavy atom. The van der Waals surface area contributed by atoms with E-state index < -0.39 is 0 Å². The molecule has 2 heterocycles. The van der Waals surface area contributed by atoms with Gasteiger partial charge in [0.25, 0.3) is 0 Å². The highest BCUT2D eigenvalue weighted by atomic mass is 16.5. The lowest BCUT2D eigenvalue weighted by Gasteiger charge is -2.06. The normalized spacial score (nSPS) is 10.4. The lowest BCUT2D eigenvalue weighted by atomic mass is 10.2. The number of ether oxygens (including phenoxy) is 1. The molecule has 0 amide bonds. The van der Waals surface area contributed by atoms with Crippen molar-refractivity contribution in [2.45, 2.75) is 6.92 Å². The molecule has 0 aliphatic carbocycles. The predicted molar refractivity (Wildman–Crippen MR) is 82.8 cm³/mol. The molecule has 0 bridgehead atoms. The maximum Gasteiger partial charge on any atom is 0.357 e. The number of benzene rings is 1. The first-order valence-electron chi connectivity index (χ1n) is 7.02. The summed E-state index contributed by atoms with van der Waals surface area (Å²) >= 11 is 0. The molecular weight excluding hydrogens is 278 g/mol. The minimum Gasteiger partial charge on any atom is -0.461 e. The van der Waals surface area contributed by atoms with Gasteiger partial charge < -0.3 is 4.74 Å². The summed E-state index contributed by atoms with van der Waals surface area (Å²) in [5.74, 6) is -0.390. The highest BCUT2D eigenvalue weighted by Gasteiger charge is 2.18. The summed E-state index contributed by atoms with van der Waals surface area (Å²) < 4.78 is 6.73. The Hall–Kier alpha value is -2.95. The highest BCUT2D eigenvalue weighted by Crippen LogP contribution is 2.21. The third-order valence-electron chi connectivity index (χ3n) is 3.17. The van der Waals surface area contributed by atoms with Crippen LogP contribution in [0.5, 0.6) is 0 Å². The molecule has 110 valence electrons. The van der Waals surface area contributed by atoms with Crippen molar-refractivity contribution in [3.8, 4) is 16.9 Å². The summed E-state index contributed by atoms with van der Waals surface area (Å²) in [6.45, 7) is 2.11. The molecule has 5 nitrogen and oxygen atoms in total. The number of hydrogen-bond donors (Lipinski definition) is 0. The van der Waals surface area contributed by atoms with Crippen molar-refractivity contribution in [3.63, 3.8) is 0 Å². The molecule has 3 rings (SSSR count). The van der Waals surface area contributed by atoms with Crippen molar-refractivity contribution in [2.24, 2.45) is 0 Å². The number of rotatable bonds is 4. The van der Waals surface area contributed by atoms with Crippen LogP contribution in [0.3, 0.4) is 0 Å². The fraction of sp³-hybridized carbons (Fsp3) is 0.118. The molecule has 22 heavy (non-hydrogen) atoms. The number of esters is 1. The number of para-hydroxylation sites is 1. The Labute approximate surface area is 128 Å². The molecule has 0 N–H and O–H groups in total. The lowest BCUT2D eigenvalue weighted by Crippen LogP contribution is -2.11. The smallest absolute Gasteiger partial charge is 0.357 e. The van der Waals surface area contributed by atoms with Crippen molar-refractivity contribution in [1.82, 2.24) is 14.8 Å². The van der Waals surface area contributed by atoms with Crippen LogP contribution in [0, 0.1) is 0 Å². The monoisotopic (exact) mass is 293 g/mol. The van der Waals surface area contributed by atoms with Crippen LogP contribution in [-0.2, 0) is 4.74 Å². The Balaban J connectivity index is 2.11. The summed E-state index contributed by atoms with van der Waals surface area (Å²) in [5, 5.41) is 4.54. The second-order valence-electron chi connectivity index (χ2n) is 4.62. The van der Waals surface area contributed by atoms with E-state index in [2.05, 4.69) is 10.1 Å². The van der Waals surface area contributed by atoms with Crippen LogP contribution >= 0.6 is 0 Å². The van der Waals surface area contributed by atoms with Crippen LogP contribution in [0.25, 0.3) is 16.9 Å². The maximum atomic E-state index is 12.2. The van der Waals surface area contributed by atoms with Gasteiger partial charge in [-0.25, -0.2) is 9.48 Å². The predicted octanol–water partition coefficient (Wildman–Crippen LogP) is 3.11. The first-order valence-corrected chi connectivity index (χ1v) is 7.02. The Kier molecular flexibility index (Phi) is 3.96. The number of hydrogen-bond acceptors (Lipinski definition) is 4. The van der Waals surface area contributed by atoms with E-state index in [0.717, 1.165) is 11.3 Å². The maximum absolute atomic E-state index is 12.2. The van der Waals surface area contributed by atoms with Gasteiger partial charge in [-0.2, -0.15) is 5.10 Å². The Bertz CT molecular complexity index is 767. The Morgan fingerprint density at radius 1 is 1.14 bits per heavy atom. The third kappa shape index (κ3) is 2.74. The number of carbonyl (C=O) groups is 1. The average molecular weight is 293 g/mol. The van der Waals surface area contributed by atoms with Crippen LogP contribution in [0.2, 0.25) is 0 Å². The molecule has 1 aromatic carbocycles. The van der Waals surface area contributed by atoms with Gasteiger partial charge in [0.15, 0.2) is 5.69 Å². The zero-order valence-electron chi connectivity index (χ0n) is 12.1. The van der Waals surface area contributed by atoms with E-state index in [9.17, 15) is 4.79 Å². The van der Waals surface area contributed by atoms with Gasteiger partial charge in [0.05, 0.1) is 18.0 Å². The first kappa shape index (κ1) is 14.0. The fourth-order valence-corrected chi connectivity index (χ4v) is 2.16. The molecule has 0 fully saturated rings. The molecule has 0 atom stereocenters. The van der Waals surface area contributed by atoms with Crippen LogP contribution < -0.4 is 0 Å². The van der Waals surface area contributed by atoms with Gasteiger partial charge in [0.1, 0.15) is 0 Å². The van der Waals surface area contributed by atoms with Gasteiger partial charge in [0.2, 0.25) is 0 Å². The summed E-state index contributed by atoms with van der Waals surface area (Å²) in [7, 11) is 0. The van der Waals surface area contributed by atoms with Gasteiger partial charge in [-0.05, 0) is 37.3 Å². The quantitative estimate of drug-likeness (QED) is 0.694. The van der Waals surface area contributed by atoms with E-state index in [-0.39, 0.29) is 5.97 Å². The van der Waals surface area contributed by atoms with E-state index in [0.29, 0.717) is 18.0 Å². The van der Waals surface area contributed by atoms with Crippen molar-refractivity contribution >= 4 is 5.97 Å². The molecule has 3 aromatic rings. The average Bonchev–Trinajstić information content (AvgIpc) is 3.02. The van der Waals surface area contributed by atoms with Gasteiger partial charge in [0, 0.05) is 18.0 Å². The molecule has 0 aliphatic heterocycles. The lowest BCUT2D eigenvalue weighted by molar-refractivity contribution is 0.0516. The second-order valence-corrected chi connectivity index (χ2v) is 4.62. The minimum absolute atomic E-state index is 0.323. The zero-order chi connectivity index (χ0) is 15.4. The van der Waals surface area contributed by atoms with Crippen LogP contribution in [0.15, 0.2) is 60.9 Å². The molecule has 0 unspecified atom stereocenters. The molecule has 0 saturated carbocycles. The van der Waals surface area contributed by atoms with Gasteiger partial charge in [-0.1, -0.05) is 18.2 Å².